The van der Waals surface area contributed by atoms with Crippen LogP contribution in [0.4, 0.5) is 9.59 Å². The van der Waals surface area contributed by atoms with E-state index in [1.54, 1.807) is 20.8 Å². The summed E-state index contributed by atoms with van der Waals surface area (Å²) < 4.78 is 5.36. The molecule has 1 aliphatic rings. The maximum atomic E-state index is 14.1. The molecule has 11 nitrogen and oxygen atoms in total. The number of benzene rings is 3. The van der Waals surface area contributed by atoms with E-state index in [2.05, 4.69) is 20.9 Å². The molecular weight excluding hydrogens is 574 g/mol. The number of carbonyl (C=O) groups excluding carboxylic acids is 3. The number of carboxylic acid groups (broad SMARTS) is 1. The first kappa shape index (κ1) is 32.7. The van der Waals surface area contributed by atoms with Gasteiger partial charge in [0.05, 0.1) is 0 Å². The van der Waals surface area contributed by atoms with Crippen LogP contribution in [0.1, 0.15) is 50.3 Å². The minimum absolute atomic E-state index is 0.0614. The van der Waals surface area contributed by atoms with Crippen LogP contribution in [-0.4, -0.2) is 64.7 Å². The Labute approximate surface area is 262 Å². The number of rotatable bonds is 11. The highest BCUT2D eigenvalue weighted by Crippen LogP contribution is 2.36. The summed E-state index contributed by atoms with van der Waals surface area (Å²) in [7, 11) is 0. The maximum Gasteiger partial charge on any atom is 0.434 e. The highest BCUT2D eigenvalue weighted by Gasteiger charge is 2.52. The summed E-state index contributed by atoms with van der Waals surface area (Å²) in [4.78, 5) is 56.4. The van der Waals surface area contributed by atoms with Crippen molar-refractivity contribution in [3.63, 3.8) is 0 Å². The van der Waals surface area contributed by atoms with Crippen molar-refractivity contribution in [2.45, 2.75) is 57.2 Å². The Bertz CT molecular complexity index is 1470. The molecule has 0 aliphatic carbocycles. The number of hydrogen-bond acceptors (Lipinski definition) is 5. The molecule has 3 aromatic carbocycles. The van der Waals surface area contributed by atoms with Gasteiger partial charge in [-0.1, -0.05) is 91.0 Å². The van der Waals surface area contributed by atoms with Gasteiger partial charge in [0.1, 0.15) is 11.6 Å². The second kappa shape index (κ2) is 14.5. The Morgan fingerprint density at radius 2 is 1.47 bits per heavy atom. The molecule has 0 bridgehead atoms. The van der Waals surface area contributed by atoms with Gasteiger partial charge in [-0.15, -0.1) is 4.99 Å². The molecule has 0 unspecified atom stereocenters. The third-order valence-electron chi connectivity index (χ3n) is 7.13. The molecule has 0 spiro atoms. The van der Waals surface area contributed by atoms with Gasteiger partial charge in [0, 0.05) is 19.5 Å². The van der Waals surface area contributed by atoms with Gasteiger partial charge < -0.3 is 25.8 Å². The number of amides is 4. The molecule has 1 aliphatic heterocycles. The van der Waals surface area contributed by atoms with Crippen LogP contribution >= 0.6 is 0 Å². The minimum atomic E-state index is -1.43. The number of nitrogens with one attached hydrogen (secondary N) is 3. The lowest BCUT2D eigenvalue weighted by atomic mass is 9.82. The lowest BCUT2D eigenvalue weighted by molar-refractivity contribution is -0.130. The summed E-state index contributed by atoms with van der Waals surface area (Å²) in [6, 6.07) is 26.7. The molecule has 4 rings (SSSR count). The minimum Gasteiger partial charge on any atom is -0.463 e. The Hall–Kier alpha value is -5.19. The number of unbranched alkanes of at least 4 members (excludes halogenated alkanes) is 1. The summed E-state index contributed by atoms with van der Waals surface area (Å²) in [5, 5.41) is 18.2. The predicted molar refractivity (Wildman–Crippen MR) is 170 cm³/mol. The molecule has 1 heterocycles. The van der Waals surface area contributed by atoms with E-state index in [-0.39, 0.29) is 37.3 Å². The predicted octanol–water partition coefficient (Wildman–Crippen LogP) is 4.43. The molecule has 1 saturated heterocycles. The van der Waals surface area contributed by atoms with E-state index < -0.39 is 29.4 Å². The van der Waals surface area contributed by atoms with Gasteiger partial charge >= 0.3 is 12.2 Å². The van der Waals surface area contributed by atoms with Crippen molar-refractivity contribution >= 4 is 30.0 Å². The fourth-order valence-electron chi connectivity index (χ4n) is 5.15. The summed E-state index contributed by atoms with van der Waals surface area (Å²) in [5.74, 6) is -0.786. The standard InChI is InChI=1S/C34H39N5O6/c1-33(2,3)45-32(44)36-27(23-24-15-7-4-8-16-24)28(40)35-21-13-14-22-39-29(41)34(25-17-9-5-10-18-25,26-19-11-6-12-20-26)38-30(39)37-31(42)43/h4-12,15-20,27H,13-14,21-23H2,1-3H3,(H,35,40)(H,36,44)(H,37,38)(H,42,43)/t27-/m0/s1. The molecule has 1 fully saturated rings. The average Bonchev–Trinajstić information content (AvgIpc) is 3.27. The number of nitrogens with zero attached hydrogens (tertiary/aromatic N) is 2. The molecule has 0 saturated carbocycles. The Balaban J connectivity index is 1.43. The Morgan fingerprint density at radius 1 is 0.911 bits per heavy atom. The number of guanidine groups is 1. The van der Waals surface area contributed by atoms with Gasteiger partial charge in [-0.2, -0.15) is 0 Å². The summed E-state index contributed by atoms with van der Waals surface area (Å²) in [6.45, 7) is 5.67. The topological polar surface area (TPSA) is 149 Å². The van der Waals surface area contributed by atoms with Crippen LogP contribution in [0, 0.1) is 0 Å². The Kier molecular flexibility index (Phi) is 10.6. The average molecular weight is 614 g/mol. The van der Waals surface area contributed by atoms with Crippen LogP contribution in [0.25, 0.3) is 0 Å². The Morgan fingerprint density at radius 3 is 2.00 bits per heavy atom. The molecule has 11 heteroatoms. The van der Waals surface area contributed by atoms with E-state index in [1.807, 2.05) is 91.0 Å². The van der Waals surface area contributed by atoms with Crippen LogP contribution in [0.5, 0.6) is 0 Å². The van der Waals surface area contributed by atoms with Crippen molar-refractivity contribution in [3.8, 4) is 0 Å². The van der Waals surface area contributed by atoms with Crippen molar-refractivity contribution in [2.24, 2.45) is 4.99 Å². The molecule has 45 heavy (non-hydrogen) atoms. The quantitative estimate of drug-likeness (QED) is 0.234. The highest BCUT2D eigenvalue weighted by atomic mass is 16.6. The molecule has 3 aromatic rings. The fourth-order valence-corrected chi connectivity index (χ4v) is 5.15. The SMILES string of the molecule is CC(C)(C)OC(=O)N[C@@H](Cc1ccccc1)C(=O)NCCCCN1C(=O)C(c2ccccc2)(c2ccccc2)NC1=NC(=O)O. The highest BCUT2D eigenvalue weighted by molar-refractivity contribution is 6.13. The second-order valence-electron chi connectivity index (χ2n) is 11.7. The second-order valence-corrected chi connectivity index (χ2v) is 11.7. The van der Waals surface area contributed by atoms with E-state index in [0.29, 0.717) is 24.0 Å². The molecule has 0 aromatic heterocycles. The molecule has 1 atom stereocenters. The number of aliphatic imine (C=N–C) groups is 1. The van der Waals surface area contributed by atoms with Crippen molar-refractivity contribution < 1.29 is 29.0 Å². The van der Waals surface area contributed by atoms with E-state index >= 15 is 0 Å². The van der Waals surface area contributed by atoms with Gasteiger partial charge in [-0.25, -0.2) is 9.59 Å². The third-order valence-corrected chi connectivity index (χ3v) is 7.13. The first-order chi connectivity index (χ1) is 21.5. The van der Waals surface area contributed by atoms with Gasteiger partial charge in [0.25, 0.3) is 5.91 Å². The van der Waals surface area contributed by atoms with Crippen LogP contribution in [0.2, 0.25) is 0 Å². The van der Waals surface area contributed by atoms with Crippen molar-refractivity contribution in [1.29, 1.82) is 0 Å². The smallest absolute Gasteiger partial charge is 0.434 e. The van der Waals surface area contributed by atoms with Crippen molar-refractivity contribution in [2.75, 3.05) is 13.1 Å². The fraction of sp³-hybridized carbons (Fsp3) is 0.324. The molecule has 4 amide bonds. The molecule has 236 valence electrons. The normalized spacial score (nSPS) is 15.7. The number of hydrogen-bond donors (Lipinski definition) is 4. The first-order valence-corrected chi connectivity index (χ1v) is 14.8. The van der Waals surface area contributed by atoms with Crippen LogP contribution in [-0.2, 0) is 26.3 Å². The molecular formula is C34H39N5O6. The van der Waals surface area contributed by atoms with E-state index in [0.717, 1.165) is 5.56 Å². The van der Waals surface area contributed by atoms with Crippen LogP contribution in [0.3, 0.4) is 0 Å². The molecule has 4 N–H and O–H groups in total. The lowest BCUT2D eigenvalue weighted by Gasteiger charge is -2.28. The zero-order valence-corrected chi connectivity index (χ0v) is 25.7. The van der Waals surface area contributed by atoms with E-state index in [9.17, 15) is 24.3 Å². The number of carbonyl (C=O) groups is 4. The zero-order valence-electron chi connectivity index (χ0n) is 25.7. The number of ether oxygens (including phenoxy) is 1. The summed E-state index contributed by atoms with van der Waals surface area (Å²) in [5.41, 5.74) is 0.0933. The largest absolute Gasteiger partial charge is 0.463 e. The zero-order chi connectivity index (χ0) is 32.5. The van der Waals surface area contributed by atoms with Gasteiger partial charge in [-0.3, -0.25) is 14.5 Å². The van der Waals surface area contributed by atoms with Crippen LogP contribution in [0.15, 0.2) is 96.0 Å². The van der Waals surface area contributed by atoms with Crippen LogP contribution < -0.4 is 16.0 Å². The monoisotopic (exact) mass is 613 g/mol. The van der Waals surface area contributed by atoms with Gasteiger partial charge in [0.2, 0.25) is 11.9 Å². The first-order valence-electron chi connectivity index (χ1n) is 14.8. The maximum absolute atomic E-state index is 14.1. The lowest BCUT2D eigenvalue weighted by Crippen LogP contribution is -2.49. The van der Waals surface area contributed by atoms with Crippen molar-refractivity contribution in [1.82, 2.24) is 20.9 Å². The summed E-state index contributed by atoms with van der Waals surface area (Å²) in [6.07, 6.45) is -0.930. The van der Waals surface area contributed by atoms with E-state index in [1.165, 1.54) is 4.90 Å². The van der Waals surface area contributed by atoms with Gasteiger partial charge in [0.15, 0.2) is 5.54 Å². The third kappa shape index (κ3) is 8.47. The van der Waals surface area contributed by atoms with Gasteiger partial charge in [-0.05, 0) is 50.3 Å². The number of alkyl carbamates (subject to hydrolysis) is 1. The van der Waals surface area contributed by atoms with E-state index in [4.69, 9.17) is 4.74 Å². The van der Waals surface area contributed by atoms with Crippen molar-refractivity contribution in [3.05, 3.63) is 108 Å². The summed E-state index contributed by atoms with van der Waals surface area (Å²) >= 11 is 0. The molecule has 0 radical (unpaired) electrons.